The first-order valence-electron chi connectivity index (χ1n) is 23.7. The lowest BCUT2D eigenvalue weighted by Crippen LogP contribution is -2.47. The lowest BCUT2D eigenvalue weighted by atomic mass is 9.72. The van der Waals surface area contributed by atoms with Gasteiger partial charge in [-0.05, 0) is 110 Å². The molecule has 1 atom stereocenters. The number of rotatable bonds is 15. The summed E-state index contributed by atoms with van der Waals surface area (Å²) in [5, 5.41) is 4.23. The molecule has 0 spiro atoms. The summed E-state index contributed by atoms with van der Waals surface area (Å²) >= 11 is 6.24. The van der Waals surface area contributed by atoms with Crippen LogP contribution in [0.2, 0.25) is 5.02 Å². The number of sulfone groups is 1. The first-order valence-corrected chi connectivity index (χ1v) is 29.4. The number of halogens is 4. The number of aromatic nitrogens is 2. The molecule has 1 amide bonds. The van der Waals surface area contributed by atoms with Crippen LogP contribution in [0, 0.1) is 5.41 Å². The normalized spacial score (nSPS) is 18.3. The zero-order chi connectivity index (χ0) is 51.8. The number of aromatic amines is 1. The Balaban J connectivity index is 1.01. The highest BCUT2D eigenvalue weighted by molar-refractivity contribution is 7.92. The van der Waals surface area contributed by atoms with Crippen LogP contribution in [-0.2, 0) is 29.6 Å². The van der Waals surface area contributed by atoms with E-state index >= 15 is 0 Å². The summed E-state index contributed by atoms with van der Waals surface area (Å²) in [4.78, 5) is 25.9. The van der Waals surface area contributed by atoms with Crippen molar-refractivity contribution in [2.45, 2.75) is 80.3 Å². The summed E-state index contributed by atoms with van der Waals surface area (Å²) in [6.45, 7) is 11.3. The van der Waals surface area contributed by atoms with Crippen LogP contribution < -0.4 is 19.7 Å². The smallest absolute Gasteiger partial charge is 0.455 e. The third kappa shape index (κ3) is 12.8. The SMILES string of the molecule is C[C@@H](CN1CCC(N=S(C)(C)=O)CC1)Nc1ccc(S(=O)(=O)NC(=O)c2ccc(N3CCN(CC4=C(c5ccc(Cl)cc5)CC(C)(C)CC4)CC3)cc2Oc2cnc3[nH]ccc3c2)cc1S(=O)(=O)C(F)(F)F. The van der Waals surface area contributed by atoms with E-state index in [1.54, 1.807) is 49.9 Å². The molecule has 3 aromatic carbocycles. The molecule has 0 bridgehead atoms. The number of piperidine rings is 1. The van der Waals surface area contributed by atoms with Crippen molar-refractivity contribution in [1.29, 1.82) is 0 Å². The summed E-state index contributed by atoms with van der Waals surface area (Å²) in [6, 6.07) is 17.8. The summed E-state index contributed by atoms with van der Waals surface area (Å²) in [7, 11) is -13.4. The van der Waals surface area contributed by atoms with Crippen molar-refractivity contribution in [3.05, 3.63) is 107 Å². The van der Waals surface area contributed by atoms with Crippen LogP contribution in [0.15, 0.2) is 105 Å². The number of piperazine rings is 1. The largest absolute Gasteiger partial charge is 0.501 e. The minimum absolute atomic E-state index is 0.0234. The number of H-pyrrole nitrogens is 1. The van der Waals surface area contributed by atoms with Crippen molar-refractivity contribution < 1.29 is 43.7 Å². The molecule has 0 saturated carbocycles. The number of alkyl halides is 3. The van der Waals surface area contributed by atoms with Gasteiger partial charge in [0.2, 0.25) is 0 Å². The van der Waals surface area contributed by atoms with Crippen LogP contribution in [-0.4, -0.2) is 129 Å². The van der Waals surface area contributed by atoms with Gasteiger partial charge in [-0.3, -0.25) is 13.9 Å². The van der Waals surface area contributed by atoms with Gasteiger partial charge in [-0.15, -0.1) is 0 Å². The van der Waals surface area contributed by atoms with Gasteiger partial charge in [0.25, 0.3) is 25.8 Å². The van der Waals surface area contributed by atoms with E-state index in [1.807, 2.05) is 21.8 Å². The average Bonchev–Trinajstić information content (AvgIpc) is 3.78. The number of allylic oxidation sites excluding steroid dienone is 1. The molecule has 2 saturated heterocycles. The number of amides is 1. The molecule has 15 nitrogen and oxygen atoms in total. The van der Waals surface area contributed by atoms with Crippen molar-refractivity contribution in [2.75, 3.05) is 75.1 Å². The van der Waals surface area contributed by atoms with E-state index in [9.17, 15) is 39.0 Å². The Kier molecular flexibility index (Phi) is 15.5. The molecule has 4 heterocycles. The Bertz CT molecular complexity index is 3210. The molecule has 72 heavy (non-hydrogen) atoms. The van der Waals surface area contributed by atoms with Gasteiger partial charge in [-0.25, -0.2) is 30.9 Å². The fraction of sp³-hybridized carbons (Fsp3) is 0.440. The molecule has 3 N–H and O–H groups in total. The maximum absolute atomic E-state index is 14.2. The molecule has 2 aliphatic heterocycles. The molecule has 8 rings (SSSR count). The van der Waals surface area contributed by atoms with Gasteiger partial charge in [-0.2, -0.15) is 13.2 Å². The minimum atomic E-state index is -6.11. The van der Waals surface area contributed by atoms with E-state index in [0.717, 1.165) is 51.0 Å². The fourth-order valence-corrected chi connectivity index (χ4v) is 12.7. The van der Waals surface area contributed by atoms with Crippen LogP contribution in [0.5, 0.6) is 11.5 Å². The zero-order valence-corrected chi connectivity index (χ0v) is 44.0. The van der Waals surface area contributed by atoms with E-state index < -0.39 is 62.5 Å². The van der Waals surface area contributed by atoms with Crippen molar-refractivity contribution in [2.24, 2.45) is 9.78 Å². The summed E-state index contributed by atoms with van der Waals surface area (Å²) < 4.78 is 121. The Hall–Kier alpha value is -5.19. The number of fused-ring (bicyclic) bond motifs is 1. The predicted molar refractivity (Wildman–Crippen MR) is 277 cm³/mol. The fourth-order valence-electron chi connectivity index (χ4n) is 9.62. The number of benzene rings is 3. The quantitative estimate of drug-likeness (QED) is 0.0904. The van der Waals surface area contributed by atoms with Gasteiger partial charge in [0.1, 0.15) is 22.0 Å². The van der Waals surface area contributed by atoms with Gasteiger partial charge in [-0.1, -0.05) is 43.2 Å². The first kappa shape index (κ1) is 53.1. The maximum atomic E-state index is 14.2. The number of sulfonamides is 1. The van der Waals surface area contributed by atoms with Crippen LogP contribution in [0.25, 0.3) is 16.6 Å². The van der Waals surface area contributed by atoms with Crippen molar-refractivity contribution in [3.63, 3.8) is 0 Å². The number of carbonyl (C=O) groups is 1. The molecule has 5 aromatic rings. The maximum Gasteiger partial charge on any atom is 0.501 e. The van der Waals surface area contributed by atoms with Crippen LogP contribution >= 0.6 is 11.6 Å². The second kappa shape index (κ2) is 21.0. The Morgan fingerprint density at radius 3 is 2.32 bits per heavy atom. The lowest BCUT2D eigenvalue weighted by molar-refractivity contribution is -0.0436. The van der Waals surface area contributed by atoms with Crippen molar-refractivity contribution in [3.8, 4) is 11.5 Å². The number of hydrogen-bond donors (Lipinski definition) is 3. The van der Waals surface area contributed by atoms with Crippen LogP contribution in [0.4, 0.5) is 24.5 Å². The van der Waals surface area contributed by atoms with Crippen molar-refractivity contribution >= 4 is 75.1 Å². The van der Waals surface area contributed by atoms with Gasteiger partial charge < -0.3 is 24.8 Å². The summed E-state index contributed by atoms with van der Waals surface area (Å²) in [5.41, 5.74) is -1.05. The van der Waals surface area contributed by atoms with E-state index in [1.165, 1.54) is 29.0 Å². The standard InChI is InChI=1S/C50H60ClF3N8O7S3/c1-33(31-60-20-16-38(17-21-60)58-70(4,5)64)57-44-13-11-41(28-46(44)71(65,66)50(52,53)54)72(67,68)59-48(63)42-12-10-39(27-45(42)69-40-26-35-15-19-55-47(35)56-30-40)62-24-22-61(23-25-62)32-36-14-18-49(2,3)29-43(36)34-6-8-37(51)9-7-34/h6-13,15,19,26-28,30,33,38,57H,14,16-18,20-25,29,31-32H2,1-5H3,(H,55,56)(H,59,63)/t33-/m0/s1. The second-order valence-corrected chi connectivity index (χ2v) is 26.6. The highest BCUT2D eigenvalue weighted by Crippen LogP contribution is 2.44. The Morgan fingerprint density at radius 2 is 1.64 bits per heavy atom. The highest BCUT2D eigenvalue weighted by atomic mass is 35.5. The van der Waals surface area contributed by atoms with Crippen LogP contribution in [0.3, 0.4) is 0 Å². The molecule has 0 radical (unpaired) electrons. The van der Waals surface area contributed by atoms with Gasteiger partial charge in [0.05, 0.1) is 28.4 Å². The summed E-state index contributed by atoms with van der Waals surface area (Å²) in [6.07, 6.45) is 10.6. The molecule has 2 fully saturated rings. The monoisotopic (exact) mass is 1070 g/mol. The Labute approximate surface area is 424 Å². The number of ether oxygens (including phenoxy) is 1. The zero-order valence-electron chi connectivity index (χ0n) is 40.8. The third-order valence-electron chi connectivity index (χ3n) is 13.3. The summed E-state index contributed by atoms with van der Waals surface area (Å²) in [5.74, 6) is -0.958. The topological polar surface area (TPSA) is 186 Å². The predicted octanol–water partition coefficient (Wildman–Crippen LogP) is 9.20. The molecule has 388 valence electrons. The molecular weight excluding hydrogens is 1010 g/mol. The van der Waals surface area contributed by atoms with E-state index in [0.29, 0.717) is 73.4 Å². The van der Waals surface area contributed by atoms with E-state index in [2.05, 4.69) is 55.4 Å². The Morgan fingerprint density at radius 1 is 0.931 bits per heavy atom. The molecule has 0 unspecified atom stereocenters. The van der Waals surface area contributed by atoms with Crippen LogP contribution in [0.1, 0.15) is 68.8 Å². The molecule has 1 aliphatic carbocycles. The minimum Gasteiger partial charge on any atom is -0.455 e. The van der Waals surface area contributed by atoms with Crippen molar-refractivity contribution in [1.82, 2.24) is 24.5 Å². The number of anilines is 2. The first-order chi connectivity index (χ1) is 33.8. The van der Waals surface area contributed by atoms with Gasteiger partial charge in [0.15, 0.2) is 0 Å². The number of nitrogens with one attached hydrogen (secondary N) is 3. The molecule has 22 heteroatoms. The number of nitrogens with zero attached hydrogens (tertiary/aromatic N) is 5. The number of hydrogen-bond acceptors (Lipinski definition) is 13. The second-order valence-electron chi connectivity index (χ2n) is 20.0. The molecule has 2 aromatic heterocycles. The number of likely N-dealkylation sites (tertiary alicyclic amines) is 1. The number of carbonyl (C=O) groups excluding carboxylic acids is 1. The molecule has 3 aliphatic rings. The highest BCUT2D eigenvalue weighted by Gasteiger charge is 2.48. The third-order valence-corrected chi connectivity index (χ3v) is 17.2. The molecular formula is C50H60ClF3N8O7S3. The lowest BCUT2D eigenvalue weighted by Gasteiger charge is -2.39. The van der Waals surface area contributed by atoms with E-state index in [4.69, 9.17) is 16.3 Å². The number of pyridine rings is 1. The van der Waals surface area contributed by atoms with Gasteiger partial charge in [0, 0.05) is 109 Å². The van der Waals surface area contributed by atoms with Gasteiger partial charge >= 0.3 is 5.51 Å². The average molecular weight is 1070 g/mol. The van der Waals surface area contributed by atoms with E-state index in [-0.39, 0.29) is 28.5 Å².